The molecule has 0 radical (unpaired) electrons. The predicted octanol–water partition coefficient (Wildman–Crippen LogP) is 4.00. The van der Waals surface area contributed by atoms with Gasteiger partial charge in [0, 0.05) is 11.1 Å². The third-order valence-electron chi connectivity index (χ3n) is 4.64. The first-order chi connectivity index (χ1) is 14.3. The van der Waals surface area contributed by atoms with Crippen LogP contribution in [0.25, 0.3) is 28.2 Å². The van der Waals surface area contributed by atoms with Crippen LogP contribution in [0.2, 0.25) is 0 Å². The van der Waals surface area contributed by atoms with Crippen LogP contribution < -0.4 is 9.88 Å². The van der Waals surface area contributed by atoms with E-state index in [9.17, 15) is 12.8 Å². The van der Waals surface area contributed by atoms with E-state index in [1.807, 2.05) is 30.3 Å². The molecule has 6 nitrogen and oxygen atoms in total. The van der Waals surface area contributed by atoms with Crippen LogP contribution in [0.4, 0.5) is 4.39 Å². The predicted molar refractivity (Wildman–Crippen MR) is 112 cm³/mol. The molecule has 8 heteroatoms. The third-order valence-corrected chi connectivity index (χ3v) is 5.57. The van der Waals surface area contributed by atoms with Gasteiger partial charge in [-0.2, -0.15) is 5.10 Å². The molecule has 0 aliphatic rings. The van der Waals surface area contributed by atoms with Gasteiger partial charge in [0.2, 0.25) is 10.0 Å². The van der Waals surface area contributed by atoms with E-state index in [4.69, 9.17) is 15.0 Å². The third kappa shape index (κ3) is 3.96. The first kappa shape index (κ1) is 19.8. The Bertz CT molecular complexity index is 1280. The lowest BCUT2D eigenvalue weighted by atomic mass is 10.1. The highest BCUT2D eigenvalue weighted by atomic mass is 32.2. The Labute approximate surface area is 173 Å². The van der Waals surface area contributed by atoms with E-state index in [1.54, 1.807) is 36.1 Å². The lowest BCUT2D eigenvalue weighted by Gasteiger charge is -2.08. The SMILES string of the molecule is COc1ccc(-c2cc(-c3ccc(F)cc3)n(-c3ccc(S(N)(=O)=O)cc3)n2)cc1. The summed E-state index contributed by atoms with van der Waals surface area (Å²) in [5.74, 6) is 0.397. The molecule has 0 unspecified atom stereocenters. The number of aromatic nitrogens is 2. The van der Waals surface area contributed by atoms with E-state index < -0.39 is 10.0 Å². The number of nitrogens with two attached hydrogens (primary N) is 1. The van der Waals surface area contributed by atoms with Crippen LogP contribution >= 0.6 is 0 Å². The first-order valence-electron chi connectivity index (χ1n) is 8.99. The molecule has 1 heterocycles. The summed E-state index contributed by atoms with van der Waals surface area (Å²) in [6.07, 6.45) is 0. The molecule has 0 bridgehead atoms. The summed E-state index contributed by atoms with van der Waals surface area (Å²) in [6, 6.07) is 21.5. The van der Waals surface area contributed by atoms with Crippen molar-refractivity contribution in [1.82, 2.24) is 9.78 Å². The lowest BCUT2D eigenvalue weighted by molar-refractivity contribution is 0.415. The van der Waals surface area contributed by atoms with Gasteiger partial charge in [0.15, 0.2) is 0 Å². The van der Waals surface area contributed by atoms with Gasteiger partial charge >= 0.3 is 0 Å². The van der Waals surface area contributed by atoms with Crippen molar-refractivity contribution in [1.29, 1.82) is 0 Å². The zero-order valence-electron chi connectivity index (χ0n) is 16.0. The lowest BCUT2D eigenvalue weighted by Crippen LogP contribution is -2.12. The molecule has 4 rings (SSSR count). The number of ether oxygens (including phenoxy) is 1. The molecule has 30 heavy (non-hydrogen) atoms. The number of halogens is 1. The quantitative estimate of drug-likeness (QED) is 0.526. The highest BCUT2D eigenvalue weighted by Crippen LogP contribution is 2.30. The van der Waals surface area contributed by atoms with Crippen molar-refractivity contribution in [3.63, 3.8) is 0 Å². The summed E-state index contributed by atoms with van der Waals surface area (Å²) >= 11 is 0. The van der Waals surface area contributed by atoms with Gasteiger partial charge in [-0.15, -0.1) is 0 Å². The van der Waals surface area contributed by atoms with E-state index in [-0.39, 0.29) is 10.7 Å². The Morgan fingerprint density at radius 3 is 2.07 bits per heavy atom. The van der Waals surface area contributed by atoms with Gasteiger partial charge < -0.3 is 4.74 Å². The molecule has 0 spiro atoms. The number of sulfonamides is 1. The van der Waals surface area contributed by atoms with Gasteiger partial charge in [-0.1, -0.05) is 0 Å². The maximum atomic E-state index is 13.4. The summed E-state index contributed by atoms with van der Waals surface area (Å²) in [5, 5.41) is 9.89. The van der Waals surface area contributed by atoms with Gasteiger partial charge in [-0.3, -0.25) is 0 Å². The molecule has 0 saturated heterocycles. The van der Waals surface area contributed by atoms with Crippen molar-refractivity contribution in [2.75, 3.05) is 7.11 Å². The highest BCUT2D eigenvalue weighted by Gasteiger charge is 2.15. The van der Waals surface area contributed by atoms with E-state index in [1.165, 1.54) is 24.3 Å². The standard InChI is InChI=1S/C22H18FN3O3S/c1-29-19-10-4-15(5-11-19)21-14-22(16-2-6-17(23)7-3-16)26(25-21)18-8-12-20(13-9-18)30(24,27)28/h2-14H,1H3,(H2,24,27,28). The molecule has 0 amide bonds. The molecule has 3 aromatic carbocycles. The van der Waals surface area contributed by atoms with Crippen molar-refractivity contribution in [3.8, 4) is 34.0 Å². The molecule has 0 fully saturated rings. The molecule has 1 aromatic heterocycles. The van der Waals surface area contributed by atoms with Crippen LogP contribution in [-0.2, 0) is 10.0 Å². The fourth-order valence-electron chi connectivity index (χ4n) is 3.08. The largest absolute Gasteiger partial charge is 0.497 e. The first-order valence-corrected chi connectivity index (χ1v) is 10.5. The number of nitrogens with zero attached hydrogens (tertiary/aromatic N) is 2. The number of rotatable bonds is 5. The van der Waals surface area contributed by atoms with Crippen LogP contribution in [0.1, 0.15) is 0 Å². The van der Waals surface area contributed by atoms with Crippen molar-refractivity contribution in [2.45, 2.75) is 4.90 Å². The molecule has 2 N–H and O–H groups in total. The summed E-state index contributed by atoms with van der Waals surface area (Å²) in [5.41, 5.74) is 3.71. The summed E-state index contributed by atoms with van der Waals surface area (Å²) in [6.45, 7) is 0. The molecular formula is C22H18FN3O3S. The second kappa shape index (κ2) is 7.74. The minimum absolute atomic E-state index is 0.0112. The maximum Gasteiger partial charge on any atom is 0.238 e. The molecule has 0 atom stereocenters. The summed E-state index contributed by atoms with van der Waals surface area (Å²) < 4.78 is 43.4. The molecule has 152 valence electrons. The zero-order valence-corrected chi connectivity index (χ0v) is 16.8. The van der Waals surface area contributed by atoms with Crippen molar-refractivity contribution < 1.29 is 17.5 Å². The van der Waals surface area contributed by atoms with Crippen molar-refractivity contribution in [2.24, 2.45) is 5.14 Å². The Morgan fingerprint density at radius 1 is 0.900 bits per heavy atom. The number of methoxy groups -OCH3 is 1. The fourth-order valence-corrected chi connectivity index (χ4v) is 3.60. The van der Waals surface area contributed by atoms with Gasteiger partial charge in [0.25, 0.3) is 0 Å². The van der Waals surface area contributed by atoms with Crippen LogP contribution in [0, 0.1) is 5.82 Å². The zero-order chi connectivity index (χ0) is 21.3. The van der Waals surface area contributed by atoms with Crippen LogP contribution in [0.5, 0.6) is 5.75 Å². The fraction of sp³-hybridized carbons (Fsp3) is 0.0455. The van der Waals surface area contributed by atoms with Gasteiger partial charge in [-0.25, -0.2) is 22.6 Å². The van der Waals surface area contributed by atoms with Gasteiger partial charge in [-0.05, 0) is 78.9 Å². The average Bonchev–Trinajstić information content (AvgIpc) is 3.19. The minimum Gasteiger partial charge on any atom is -0.497 e. The monoisotopic (exact) mass is 423 g/mol. The van der Waals surface area contributed by atoms with Crippen LogP contribution in [0.3, 0.4) is 0 Å². The summed E-state index contributed by atoms with van der Waals surface area (Å²) in [7, 11) is -2.20. The van der Waals surface area contributed by atoms with Crippen LogP contribution in [0.15, 0.2) is 83.8 Å². The molecule has 4 aromatic rings. The minimum atomic E-state index is -3.80. The maximum absolute atomic E-state index is 13.4. The number of benzene rings is 3. The van der Waals surface area contributed by atoms with E-state index in [2.05, 4.69) is 0 Å². The Morgan fingerprint density at radius 2 is 1.50 bits per heavy atom. The summed E-state index contributed by atoms with van der Waals surface area (Å²) in [4.78, 5) is 0.0112. The van der Waals surface area contributed by atoms with E-state index in [0.29, 0.717) is 11.4 Å². The molecule has 0 saturated carbocycles. The van der Waals surface area contributed by atoms with Gasteiger partial charge in [0.1, 0.15) is 11.6 Å². The second-order valence-electron chi connectivity index (χ2n) is 6.60. The van der Waals surface area contributed by atoms with Gasteiger partial charge in [0.05, 0.1) is 29.1 Å². The Hall–Kier alpha value is -3.49. The Balaban J connectivity index is 1.84. The second-order valence-corrected chi connectivity index (χ2v) is 8.16. The molecule has 0 aliphatic carbocycles. The average molecular weight is 423 g/mol. The van der Waals surface area contributed by atoms with E-state index in [0.717, 1.165) is 22.6 Å². The number of primary sulfonamides is 1. The van der Waals surface area contributed by atoms with Crippen LogP contribution in [-0.4, -0.2) is 25.3 Å². The van der Waals surface area contributed by atoms with E-state index >= 15 is 0 Å². The highest BCUT2D eigenvalue weighted by molar-refractivity contribution is 7.89. The number of hydrogen-bond donors (Lipinski definition) is 1. The van der Waals surface area contributed by atoms with Crippen molar-refractivity contribution in [3.05, 3.63) is 84.7 Å². The molecule has 0 aliphatic heterocycles. The molecular weight excluding hydrogens is 405 g/mol. The Kier molecular flexibility index (Phi) is 5.11. The topological polar surface area (TPSA) is 87.2 Å². The number of hydrogen-bond acceptors (Lipinski definition) is 4. The smallest absolute Gasteiger partial charge is 0.238 e. The normalized spacial score (nSPS) is 11.4. The van der Waals surface area contributed by atoms with Crippen molar-refractivity contribution >= 4 is 10.0 Å².